The SMILES string of the molecule is [2H]C([2H])([2H])N1C(=N)N[C@](C)(c2cc(NC(=O)c3ccc(C(F)(F)F)cn3)ccc2F)CS1(=O)=O. The van der Waals surface area contributed by atoms with E-state index in [0.717, 1.165) is 24.3 Å². The third-order valence-electron chi connectivity index (χ3n) is 4.49. The molecule has 13 heteroatoms. The minimum absolute atomic E-state index is 0.0479. The van der Waals surface area contributed by atoms with Crippen molar-refractivity contribution in [1.82, 2.24) is 14.6 Å². The van der Waals surface area contributed by atoms with Crippen LogP contribution in [0.3, 0.4) is 0 Å². The number of guanidine groups is 1. The van der Waals surface area contributed by atoms with Gasteiger partial charge < -0.3 is 10.6 Å². The number of sulfonamides is 1. The number of nitrogens with zero attached hydrogens (tertiary/aromatic N) is 2. The van der Waals surface area contributed by atoms with Gasteiger partial charge >= 0.3 is 6.18 Å². The van der Waals surface area contributed by atoms with Crippen LogP contribution in [0.4, 0.5) is 23.2 Å². The molecule has 0 bridgehead atoms. The molecule has 31 heavy (non-hydrogen) atoms. The van der Waals surface area contributed by atoms with Crippen LogP contribution in [-0.2, 0) is 21.7 Å². The van der Waals surface area contributed by atoms with Gasteiger partial charge in [0.2, 0.25) is 16.0 Å². The molecule has 1 aliphatic heterocycles. The Hall–Kier alpha value is -3.22. The number of hydrogen-bond donors (Lipinski definition) is 3. The van der Waals surface area contributed by atoms with Gasteiger partial charge in [-0.1, -0.05) is 0 Å². The maximum absolute atomic E-state index is 14.7. The summed E-state index contributed by atoms with van der Waals surface area (Å²) in [4.78, 5) is 15.8. The Morgan fingerprint density at radius 1 is 1.35 bits per heavy atom. The monoisotopic (exact) mass is 462 g/mol. The summed E-state index contributed by atoms with van der Waals surface area (Å²) in [5, 5.41) is 12.6. The van der Waals surface area contributed by atoms with Crippen molar-refractivity contribution in [3.8, 4) is 0 Å². The smallest absolute Gasteiger partial charge is 0.345 e. The molecule has 0 spiro atoms. The molecule has 3 rings (SSSR count). The molecular formula is C18H17F4N5O3S. The van der Waals surface area contributed by atoms with Crippen LogP contribution in [0.25, 0.3) is 0 Å². The van der Waals surface area contributed by atoms with Crippen LogP contribution < -0.4 is 10.6 Å². The van der Waals surface area contributed by atoms with Gasteiger partial charge in [-0.15, -0.1) is 0 Å². The lowest BCUT2D eigenvalue weighted by Gasteiger charge is -2.40. The lowest BCUT2D eigenvalue weighted by molar-refractivity contribution is -0.137. The minimum atomic E-state index is -4.64. The average molecular weight is 462 g/mol. The number of pyridine rings is 1. The summed E-state index contributed by atoms with van der Waals surface area (Å²) in [5.74, 6) is -3.74. The summed E-state index contributed by atoms with van der Waals surface area (Å²) in [7, 11) is -4.57. The Balaban J connectivity index is 1.89. The number of halogens is 4. The number of carbonyl (C=O) groups is 1. The first-order valence-corrected chi connectivity index (χ1v) is 10.1. The van der Waals surface area contributed by atoms with E-state index in [1.54, 1.807) is 0 Å². The Morgan fingerprint density at radius 3 is 2.61 bits per heavy atom. The highest BCUT2D eigenvalue weighted by molar-refractivity contribution is 7.89. The quantitative estimate of drug-likeness (QED) is 0.607. The molecule has 1 atom stereocenters. The second kappa shape index (κ2) is 7.48. The van der Waals surface area contributed by atoms with Crippen molar-refractivity contribution in [2.75, 3.05) is 18.0 Å². The number of rotatable bonds is 3. The maximum Gasteiger partial charge on any atom is 0.417 e. The molecule has 166 valence electrons. The fourth-order valence-corrected chi connectivity index (χ4v) is 4.39. The molecule has 1 aliphatic rings. The van der Waals surface area contributed by atoms with Crippen LogP contribution in [0.1, 0.15) is 32.7 Å². The Bertz CT molecular complexity index is 1250. The van der Waals surface area contributed by atoms with E-state index in [1.807, 2.05) is 0 Å². The Morgan fingerprint density at radius 2 is 2.06 bits per heavy atom. The van der Waals surface area contributed by atoms with E-state index in [9.17, 15) is 30.8 Å². The third-order valence-corrected chi connectivity index (χ3v) is 6.17. The third kappa shape index (κ3) is 4.45. The normalized spacial score (nSPS) is 22.7. The number of amides is 1. The Kier molecular flexibility index (Phi) is 4.47. The zero-order chi connectivity index (χ0) is 25.7. The summed E-state index contributed by atoms with van der Waals surface area (Å²) in [5.41, 5.74) is -3.55. The minimum Gasteiger partial charge on any atom is -0.345 e. The molecule has 0 unspecified atom stereocenters. The first kappa shape index (κ1) is 18.5. The topological polar surface area (TPSA) is 115 Å². The molecule has 3 N–H and O–H groups in total. The molecule has 2 aromatic rings. The molecule has 1 amide bonds. The van der Waals surface area contributed by atoms with E-state index in [2.05, 4.69) is 15.6 Å². The molecule has 2 heterocycles. The van der Waals surface area contributed by atoms with Crippen LogP contribution in [-0.4, -0.2) is 42.3 Å². The van der Waals surface area contributed by atoms with E-state index in [1.165, 1.54) is 6.92 Å². The van der Waals surface area contributed by atoms with Crippen molar-refractivity contribution >= 4 is 27.6 Å². The van der Waals surface area contributed by atoms with Crippen LogP contribution in [0, 0.1) is 11.2 Å². The van der Waals surface area contributed by atoms with Gasteiger partial charge in [-0.2, -0.15) is 13.2 Å². The zero-order valence-electron chi connectivity index (χ0n) is 18.7. The predicted octanol–water partition coefficient (Wildman–Crippen LogP) is 2.51. The second-order valence-corrected chi connectivity index (χ2v) is 8.72. The highest BCUT2D eigenvalue weighted by Crippen LogP contribution is 2.32. The lowest BCUT2D eigenvalue weighted by Crippen LogP contribution is -2.61. The predicted molar refractivity (Wildman–Crippen MR) is 103 cm³/mol. The largest absolute Gasteiger partial charge is 0.417 e. The van der Waals surface area contributed by atoms with E-state index in [0.29, 0.717) is 12.3 Å². The number of alkyl halides is 3. The fraction of sp³-hybridized carbons (Fsp3) is 0.278. The van der Waals surface area contributed by atoms with Gasteiger partial charge in [0, 0.05) is 28.5 Å². The van der Waals surface area contributed by atoms with Crippen molar-refractivity contribution in [2.24, 2.45) is 0 Å². The van der Waals surface area contributed by atoms with E-state index in [4.69, 9.17) is 9.52 Å². The molecule has 0 saturated carbocycles. The molecule has 1 aromatic heterocycles. The highest BCUT2D eigenvalue weighted by Gasteiger charge is 2.43. The second-order valence-electron chi connectivity index (χ2n) is 6.90. The zero-order valence-corrected chi connectivity index (χ0v) is 16.5. The number of anilines is 1. The summed E-state index contributed by atoms with van der Waals surface area (Å²) in [6, 6.07) is 4.62. The van der Waals surface area contributed by atoms with E-state index < -0.39 is 57.7 Å². The van der Waals surface area contributed by atoms with Gasteiger partial charge in [0.25, 0.3) is 5.91 Å². The van der Waals surface area contributed by atoms with Crippen molar-refractivity contribution < 1.29 is 34.9 Å². The first-order chi connectivity index (χ1) is 15.4. The van der Waals surface area contributed by atoms with Crippen LogP contribution in [0.15, 0.2) is 36.5 Å². The van der Waals surface area contributed by atoms with Crippen LogP contribution >= 0.6 is 0 Å². The van der Waals surface area contributed by atoms with Crippen LogP contribution in [0.2, 0.25) is 0 Å². The van der Waals surface area contributed by atoms with Gasteiger partial charge in [0.05, 0.1) is 16.9 Å². The van der Waals surface area contributed by atoms with Gasteiger partial charge in [-0.25, -0.2) is 17.1 Å². The highest BCUT2D eigenvalue weighted by atomic mass is 32.2. The standard InChI is InChI=1S/C18H17F4N5O3S/c1-17(9-31(29,30)27(2)16(23)26-17)12-7-11(4-5-13(12)19)25-15(28)14-6-3-10(8-24-14)18(20,21)22/h3-8H,9H2,1-2H3,(H2,23,26)(H,25,28)/t17-/m0/s1/i2D3. The summed E-state index contributed by atoms with van der Waals surface area (Å²) >= 11 is 0. The van der Waals surface area contributed by atoms with Crippen LogP contribution in [0.5, 0.6) is 0 Å². The Labute approximate surface area is 179 Å². The summed E-state index contributed by atoms with van der Waals surface area (Å²) in [6.45, 7) is -1.94. The van der Waals surface area contributed by atoms with Crippen molar-refractivity contribution in [3.05, 3.63) is 59.2 Å². The van der Waals surface area contributed by atoms with Gasteiger partial charge in [-0.3, -0.25) is 15.2 Å². The molecular weight excluding hydrogens is 442 g/mol. The first-order valence-electron chi connectivity index (χ1n) is 9.98. The average Bonchev–Trinajstić information content (AvgIpc) is 2.66. The molecule has 1 aromatic carbocycles. The number of benzene rings is 1. The molecule has 0 aliphatic carbocycles. The summed E-state index contributed by atoms with van der Waals surface area (Å²) < 4.78 is 99.8. The van der Waals surface area contributed by atoms with Gasteiger partial charge in [0.15, 0.2) is 0 Å². The number of aromatic nitrogens is 1. The fourth-order valence-electron chi connectivity index (χ4n) is 2.98. The van der Waals surface area contributed by atoms with Gasteiger partial charge in [-0.05, 0) is 37.3 Å². The van der Waals surface area contributed by atoms with Gasteiger partial charge in [0.1, 0.15) is 11.5 Å². The molecule has 8 nitrogen and oxygen atoms in total. The molecule has 0 radical (unpaired) electrons. The maximum atomic E-state index is 14.7. The summed E-state index contributed by atoms with van der Waals surface area (Å²) in [6.07, 6.45) is -4.16. The van der Waals surface area contributed by atoms with Crippen molar-refractivity contribution in [2.45, 2.75) is 18.6 Å². The number of carbonyl (C=O) groups excluding carboxylic acids is 1. The van der Waals surface area contributed by atoms with Crippen molar-refractivity contribution in [1.29, 1.82) is 5.41 Å². The number of hydrogen-bond acceptors (Lipinski definition) is 5. The lowest BCUT2D eigenvalue weighted by atomic mass is 9.93. The number of nitrogens with one attached hydrogen (secondary N) is 3. The molecule has 1 fully saturated rings. The van der Waals surface area contributed by atoms with Crippen molar-refractivity contribution in [3.63, 3.8) is 0 Å². The van der Waals surface area contributed by atoms with E-state index >= 15 is 0 Å². The van der Waals surface area contributed by atoms with E-state index in [-0.39, 0.29) is 21.2 Å². The molecule has 1 saturated heterocycles.